The van der Waals surface area contributed by atoms with Crippen molar-refractivity contribution in [2.75, 3.05) is 18.1 Å². The predicted molar refractivity (Wildman–Crippen MR) is 81.4 cm³/mol. The molecule has 108 valence electrons. The molecule has 2 aromatic carbocycles. The molecule has 0 saturated carbocycles. The van der Waals surface area contributed by atoms with E-state index in [9.17, 15) is 9.90 Å². The highest BCUT2D eigenvalue weighted by molar-refractivity contribution is 6.31. The van der Waals surface area contributed by atoms with Gasteiger partial charge in [-0.2, -0.15) is 0 Å². The molecule has 0 atom stereocenters. The molecular formula is C16H14ClNO3. The fraction of sp³-hybridized carbons (Fsp3) is 0.188. The average Bonchev–Trinajstić information content (AvgIpc) is 2.69. The van der Waals surface area contributed by atoms with Crippen molar-refractivity contribution in [1.82, 2.24) is 0 Å². The van der Waals surface area contributed by atoms with E-state index in [1.807, 2.05) is 29.2 Å². The van der Waals surface area contributed by atoms with Gasteiger partial charge in [-0.05, 0) is 24.3 Å². The van der Waals surface area contributed by atoms with Crippen LogP contribution in [0.4, 0.5) is 5.69 Å². The first-order chi connectivity index (χ1) is 10.1. The Morgan fingerprint density at radius 3 is 2.86 bits per heavy atom. The largest absolute Gasteiger partial charge is 0.491 e. The van der Waals surface area contributed by atoms with Crippen molar-refractivity contribution >= 4 is 23.3 Å². The van der Waals surface area contributed by atoms with Crippen molar-refractivity contribution in [3.05, 3.63) is 58.6 Å². The van der Waals surface area contributed by atoms with Gasteiger partial charge in [-0.3, -0.25) is 0 Å². The molecule has 2 aromatic rings. The van der Waals surface area contributed by atoms with Gasteiger partial charge >= 0.3 is 5.97 Å². The van der Waals surface area contributed by atoms with Crippen LogP contribution in [0, 0.1) is 0 Å². The molecule has 0 bridgehead atoms. The van der Waals surface area contributed by atoms with Crippen LogP contribution in [0.1, 0.15) is 15.9 Å². The van der Waals surface area contributed by atoms with Crippen molar-refractivity contribution < 1.29 is 14.6 Å². The van der Waals surface area contributed by atoms with Crippen LogP contribution in [0.3, 0.4) is 0 Å². The van der Waals surface area contributed by atoms with E-state index >= 15 is 0 Å². The molecule has 0 amide bonds. The lowest BCUT2D eigenvalue weighted by atomic mass is 10.1. The van der Waals surface area contributed by atoms with Crippen LogP contribution < -0.4 is 9.64 Å². The summed E-state index contributed by atoms with van der Waals surface area (Å²) in [5.41, 5.74) is 1.91. The summed E-state index contributed by atoms with van der Waals surface area (Å²) >= 11 is 5.91. The van der Waals surface area contributed by atoms with Crippen LogP contribution in [0.25, 0.3) is 0 Å². The van der Waals surface area contributed by atoms with Crippen LogP contribution in [0.15, 0.2) is 42.5 Å². The number of hydrogen-bond donors (Lipinski definition) is 1. The number of aromatic carboxylic acids is 1. The topological polar surface area (TPSA) is 49.8 Å². The van der Waals surface area contributed by atoms with E-state index in [1.54, 1.807) is 12.1 Å². The minimum atomic E-state index is -0.981. The molecule has 0 fully saturated rings. The normalized spacial score (nSPS) is 14.0. The zero-order valence-corrected chi connectivity index (χ0v) is 12.0. The highest BCUT2D eigenvalue weighted by Gasteiger charge is 2.20. The maximum atomic E-state index is 11.4. The van der Waals surface area contributed by atoms with Crippen LogP contribution in [-0.4, -0.2) is 24.2 Å². The first-order valence-electron chi connectivity index (χ1n) is 6.63. The number of ether oxygens (including phenoxy) is 1. The first kappa shape index (κ1) is 13.8. The van der Waals surface area contributed by atoms with Gasteiger partial charge in [0.25, 0.3) is 0 Å². The fourth-order valence-corrected chi connectivity index (χ4v) is 2.66. The summed E-state index contributed by atoms with van der Waals surface area (Å²) in [6.07, 6.45) is 0. The number of carboxylic acid groups (broad SMARTS) is 1. The molecular weight excluding hydrogens is 290 g/mol. The summed E-state index contributed by atoms with van der Waals surface area (Å²) < 4.78 is 5.71. The Bertz CT molecular complexity index is 687. The fourth-order valence-electron chi connectivity index (χ4n) is 2.49. The van der Waals surface area contributed by atoms with Crippen molar-refractivity contribution in [3.63, 3.8) is 0 Å². The average molecular weight is 304 g/mol. The number of anilines is 1. The van der Waals surface area contributed by atoms with Gasteiger partial charge in [-0.15, -0.1) is 0 Å². The SMILES string of the molecule is O=C(O)c1cc(Cl)ccc1N1CCOc2ccccc2C1. The Morgan fingerprint density at radius 1 is 1.24 bits per heavy atom. The molecule has 0 spiro atoms. The summed E-state index contributed by atoms with van der Waals surface area (Å²) in [5.74, 6) is -0.128. The highest BCUT2D eigenvalue weighted by atomic mass is 35.5. The van der Waals surface area contributed by atoms with E-state index in [2.05, 4.69) is 0 Å². The third-order valence-electron chi connectivity index (χ3n) is 3.48. The van der Waals surface area contributed by atoms with Gasteiger partial charge in [0.05, 0.1) is 17.8 Å². The molecule has 21 heavy (non-hydrogen) atoms. The van der Waals surface area contributed by atoms with Gasteiger partial charge in [0.2, 0.25) is 0 Å². The van der Waals surface area contributed by atoms with Crippen LogP contribution in [0.5, 0.6) is 5.75 Å². The van der Waals surface area contributed by atoms with Crippen molar-refractivity contribution in [1.29, 1.82) is 0 Å². The number of halogens is 1. The monoisotopic (exact) mass is 303 g/mol. The zero-order valence-electron chi connectivity index (χ0n) is 11.3. The molecule has 1 N–H and O–H groups in total. The van der Waals surface area contributed by atoms with E-state index in [-0.39, 0.29) is 5.56 Å². The van der Waals surface area contributed by atoms with Gasteiger partial charge in [0.15, 0.2) is 0 Å². The molecule has 0 aliphatic carbocycles. The predicted octanol–water partition coefficient (Wildman–Crippen LogP) is 3.44. The molecule has 0 saturated heterocycles. The third-order valence-corrected chi connectivity index (χ3v) is 3.72. The van der Waals surface area contributed by atoms with Gasteiger partial charge in [-0.1, -0.05) is 29.8 Å². The van der Waals surface area contributed by atoms with E-state index in [0.29, 0.717) is 30.4 Å². The second-order valence-corrected chi connectivity index (χ2v) is 5.28. The van der Waals surface area contributed by atoms with E-state index < -0.39 is 5.97 Å². The molecule has 0 aromatic heterocycles. The number of nitrogens with zero attached hydrogens (tertiary/aromatic N) is 1. The lowest BCUT2D eigenvalue weighted by Crippen LogP contribution is -2.27. The summed E-state index contributed by atoms with van der Waals surface area (Å²) in [5, 5.41) is 9.79. The van der Waals surface area contributed by atoms with Crippen LogP contribution in [0.2, 0.25) is 5.02 Å². The molecule has 0 radical (unpaired) electrons. The van der Waals surface area contributed by atoms with Gasteiger partial charge in [0.1, 0.15) is 12.4 Å². The van der Waals surface area contributed by atoms with Crippen molar-refractivity contribution in [2.45, 2.75) is 6.54 Å². The van der Waals surface area contributed by atoms with Crippen molar-refractivity contribution in [3.8, 4) is 5.75 Å². The Hall–Kier alpha value is -2.20. The number of hydrogen-bond acceptors (Lipinski definition) is 3. The summed E-state index contributed by atoms with van der Waals surface area (Å²) in [4.78, 5) is 13.4. The van der Waals surface area contributed by atoms with Gasteiger partial charge in [-0.25, -0.2) is 4.79 Å². The Labute approximate surface area is 127 Å². The summed E-state index contributed by atoms with van der Waals surface area (Å²) in [7, 11) is 0. The minimum Gasteiger partial charge on any atom is -0.491 e. The second-order valence-electron chi connectivity index (χ2n) is 4.84. The molecule has 4 nitrogen and oxygen atoms in total. The lowest BCUT2D eigenvalue weighted by Gasteiger charge is -2.24. The smallest absolute Gasteiger partial charge is 0.337 e. The molecule has 0 unspecified atom stereocenters. The standard InChI is InChI=1S/C16H14ClNO3/c17-12-5-6-14(13(9-12)16(19)20)18-7-8-21-15-4-2-1-3-11(15)10-18/h1-6,9H,7-8,10H2,(H,19,20). The van der Waals surface area contributed by atoms with Crippen LogP contribution in [-0.2, 0) is 6.54 Å². The van der Waals surface area contributed by atoms with E-state index in [0.717, 1.165) is 11.3 Å². The summed E-state index contributed by atoms with van der Waals surface area (Å²) in [6.45, 7) is 1.74. The number of benzene rings is 2. The van der Waals surface area contributed by atoms with Gasteiger partial charge in [0, 0.05) is 17.1 Å². The number of carbonyl (C=O) groups is 1. The number of rotatable bonds is 2. The molecule has 1 aliphatic rings. The van der Waals surface area contributed by atoms with Gasteiger partial charge < -0.3 is 14.7 Å². The maximum absolute atomic E-state index is 11.4. The van der Waals surface area contributed by atoms with Crippen molar-refractivity contribution in [2.24, 2.45) is 0 Å². The molecule has 5 heteroatoms. The number of fused-ring (bicyclic) bond motifs is 1. The van der Waals surface area contributed by atoms with E-state index in [1.165, 1.54) is 6.07 Å². The molecule has 3 rings (SSSR count). The maximum Gasteiger partial charge on any atom is 0.337 e. The Morgan fingerprint density at radius 2 is 2.05 bits per heavy atom. The first-order valence-corrected chi connectivity index (χ1v) is 7.01. The number of para-hydroxylation sites is 1. The number of carboxylic acids is 1. The second kappa shape index (κ2) is 5.66. The Balaban J connectivity index is 2.00. The third kappa shape index (κ3) is 2.81. The quantitative estimate of drug-likeness (QED) is 0.923. The highest BCUT2D eigenvalue weighted by Crippen LogP contribution is 2.29. The molecule has 1 heterocycles. The van der Waals surface area contributed by atoms with Crippen LogP contribution >= 0.6 is 11.6 Å². The summed E-state index contributed by atoms with van der Waals surface area (Å²) in [6, 6.07) is 12.7. The zero-order chi connectivity index (χ0) is 14.8. The molecule has 1 aliphatic heterocycles. The lowest BCUT2D eigenvalue weighted by molar-refractivity contribution is 0.0697. The van der Waals surface area contributed by atoms with E-state index in [4.69, 9.17) is 16.3 Å². The Kier molecular flexibility index (Phi) is 3.71. The minimum absolute atomic E-state index is 0.210.